The van der Waals surface area contributed by atoms with Crippen LogP contribution in [-0.2, 0) is 32.6 Å². The average molecular weight is 679 g/mol. The Balaban J connectivity index is 1.58. The molecule has 1 aliphatic carbocycles. The second kappa shape index (κ2) is 15.2. The third-order valence-electron chi connectivity index (χ3n) is 8.28. The van der Waals surface area contributed by atoms with E-state index in [0.29, 0.717) is 10.6 Å². The molecule has 4 aromatic carbocycles. The van der Waals surface area contributed by atoms with Gasteiger partial charge in [-0.25, -0.2) is 8.42 Å². The highest BCUT2D eigenvalue weighted by molar-refractivity contribution is 7.92. The molecule has 0 aliphatic heterocycles. The van der Waals surface area contributed by atoms with Crippen molar-refractivity contribution in [1.82, 2.24) is 10.2 Å². The molecule has 1 aliphatic rings. The van der Waals surface area contributed by atoms with Crippen LogP contribution in [0.15, 0.2) is 108 Å². The van der Waals surface area contributed by atoms with Crippen LogP contribution < -0.4 is 9.62 Å². The molecule has 1 atom stereocenters. The molecule has 240 valence electrons. The summed E-state index contributed by atoms with van der Waals surface area (Å²) in [7, 11) is -4.25. The fraction of sp³-hybridized carbons (Fsp3) is 0.278. The summed E-state index contributed by atoms with van der Waals surface area (Å²) in [5, 5.41) is 3.78. The quantitative estimate of drug-likeness (QED) is 0.172. The van der Waals surface area contributed by atoms with Gasteiger partial charge in [0.25, 0.3) is 10.0 Å². The van der Waals surface area contributed by atoms with Gasteiger partial charge in [-0.3, -0.25) is 13.9 Å². The average Bonchev–Trinajstić information content (AvgIpc) is 3.56. The van der Waals surface area contributed by atoms with E-state index in [-0.39, 0.29) is 40.5 Å². The lowest BCUT2D eigenvalue weighted by molar-refractivity contribution is -0.140. The lowest BCUT2D eigenvalue weighted by Crippen LogP contribution is -2.54. The highest BCUT2D eigenvalue weighted by Gasteiger charge is 2.36. The minimum Gasteiger partial charge on any atom is -0.352 e. The molecule has 0 bridgehead atoms. The van der Waals surface area contributed by atoms with Gasteiger partial charge >= 0.3 is 0 Å². The molecule has 46 heavy (non-hydrogen) atoms. The Labute approximate surface area is 281 Å². The molecule has 10 heteroatoms. The van der Waals surface area contributed by atoms with E-state index in [9.17, 15) is 18.0 Å². The van der Waals surface area contributed by atoms with Gasteiger partial charge in [0.1, 0.15) is 12.6 Å². The summed E-state index contributed by atoms with van der Waals surface area (Å²) < 4.78 is 29.4. The number of hydrogen-bond acceptors (Lipinski definition) is 4. The van der Waals surface area contributed by atoms with E-state index in [1.54, 1.807) is 54.6 Å². The number of amides is 2. The van der Waals surface area contributed by atoms with Gasteiger partial charge in [-0.2, -0.15) is 0 Å². The largest absolute Gasteiger partial charge is 0.352 e. The molecule has 7 nitrogen and oxygen atoms in total. The second-order valence-electron chi connectivity index (χ2n) is 11.6. The fourth-order valence-electron chi connectivity index (χ4n) is 5.74. The van der Waals surface area contributed by atoms with Gasteiger partial charge in [0.15, 0.2) is 0 Å². The summed E-state index contributed by atoms with van der Waals surface area (Å²) in [6, 6.07) is 28.6. The number of halogens is 2. The Hall–Kier alpha value is -3.85. The number of para-hydroxylation sites is 1. The monoisotopic (exact) mass is 677 g/mol. The summed E-state index contributed by atoms with van der Waals surface area (Å²) >= 11 is 13.1. The van der Waals surface area contributed by atoms with E-state index >= 15 is 0 Å². The van der Waals surface area contributed by atoms with Crippen molar-refractivity contribution in [2.24, 2.45) is 0 Å². The first-order chi connectivity index (χ1) is 22.1. The second-order valence-corrected chi connectivity index (χ2v) is 14.3. The Morgan fingerprint density at radius 3 is 2.09 bits per heavy atom. The highest BCUT2D eigenvalue weighted by atomic mass is 35.5. The fourth-order valence-corrected chi connectivity index (χ4v) is 7.65. The van der Waals surface area contributed by atoms with Crippen molar-refractivity contribution in [3.05, 3.63) is 130 Å². The van der Waals surface area contributed by atoms with E-state index in [1.807, 2.05) is 43.3 Å². The van der Waals surface area contributed by atoms with Crippen LogP contribution in [-0.4, -0.2) is 43.8 Å². The number of nitrogens with zero attached hydrogens (tertiary/aromatic N) is 2. The number of anilines is 1. The first kappa shape index (κ1) is 33.5. The van der Waals surface area contributed by atoms with E-state index in [1.165, 1.54) is 17.0 Å². The van der Waals surface area contributed by atoms with Crippen molar-refractivity contribution in [3.63, 3.8) is 0 Å². The number of rotatable bonds is 12. The van der Waals surface area contributed by atoms with Crippen LogP contribution in [0.4, 0.5) is 5.69 Å². The lowest BCUT2D eigenvalue weighted by Gasteiger charge is -2.34. The van der Waals surface area contributed by atoms with Crippen molar-refractivity contribution in [2.45, 2.75) is 62.6 Å². The summed E-state index contributed by atoms with van der Waals surface area (Å²) in [5.41, 5.74) is 2.55. The first-order valence-corrected chi connectivity index (χ1v) is 17.5. The molecule has 1 fully saturated rings. The van der Waals surface area contributed by atoms with Gasteiger partial charge in [0.2, 0.25) is 11.8 Å². The normalized spacial score (nSPS) is 14.1. The Kier molecular flexibility index (Phi) is 11.0. The van der Waals surface area contributed by atoms with Crippen molar-refractivity contribution >= 4 is 50.7 Å². The zero-order valence-corrected chi connectivity index (χ0v) is 27.9. The molecule has 0 saturated heterocycles. The number of aryl methyl sites for hydroxylation is 1. The number of benzene rings is 4. The molecule has 5 rings (SSSR count). The molecule has 2 amide bonds. The van der Waals surface area contributed by atoms with E-state index in [4.69, 9.17) is 23.2 Å². The molecule has 1 saturated carbocycles. The van der Waals surface area contributed by atoms with Crippen LogP contribution in [0.5, 0.6) is 0 Å². The number of carbonyl (C=O) groups is 2. The van der Waals surface area contributed by atoms with E-state index in [2.05, 4.69) is 5.32 Å². The molecule has 0 unspecified atom stereocenters. The van der Waals surface area contributed by atoms with Crippen molar-refractivity contribution in [3.8, 4) is 0 Å². The van der Waals surface area contributed by atoms with Crippen molar-refractivity contribution in [1.29, 1.82) is 0 Å². The smallest absolute Gasteiger partial charge is 0.264 e. The standard InChI is InChI=1S/C36H37Cl2N3O4S/c1-26-19-21-30(22-20-26)46(44,45)41(33-18-10-9-17-32(33)38)25-35(42)40(24-28-13-5-8-16-31(28)37)34(23-27-11-3-2-4-12-27)36(43)39-29-14-6-7-15-29/h2-5,8-13,16-22,29,34H,6-7,14-15,23-25H2,1H3,(H,39,43)/t34-/m0/s1. The molecule has 4 aromatic rings. The molecular formula is C36H37Cl2N3O4S. The van der Waals surface area contributed by atoms with Gasteiger partial charge in [0.05, 0.1) is 15.6 Å². The van der Waals surface area contributed by atoms with Crippen molar-refractivity contribution < 1.29 is 18.0 Å². The SMILES string of the molecule is Cc1ccc(S(=O)(=O)N(CC(=O)N(Cc2ccccc2Cl)[C@@H](Cc2ccccc2)C(=O)NC2CCCC2)c2ccccc2Cl)cc1. The summed E-state index contributed by atoms with van der Waals surface area (Å²) in [5.74, 6) is -0.861. The molecule has 0 radical (unpaired) electrons. The third kappa shape index (κ3) is 8.10. The van der Waals surface area contributed by atoms with Crippen molar-refractivity contribution in [2.75, 3.05) is 10.8 Å². The molecule has 0 heterocycles. The Morgan fingerprint density at radius 1 is 0.826 bits per heavy atom. The van der Waals surface area contributed by atoms with Gasteiger partial charge < -0.3 is 10.2 Å². The summed E-state index contributed by atoms with van der Waals surface area (Å²) in [4.78, 5) is 30.2. The lowest BCUT2D eigenvalue weighted by atomic mass is 10.0. The van der Waals surface area contributed by atoms with Crippen LogP contribution in [0.3, 0.4) is 0 Å². The maximum absolute atomic E-state index is 14.6. The molecular weight excluding hydrogens is 641 g/mol. The van der Waals surface area contributed by atoms with Crippen LogP contribution >= 0.6 is 23.2 Å². The number of nitrogens with one attached hydrogen (secondary N) is 1. The van der Waals surface area contributed by atoms with Crippen LogP contribution in [0, 0.1) is 6.92 Å². The highest BCUT2D eigenvalue weighted by Crippen LogP contribution is 2.31. The van der Waals surface area contributed by atoms with E-state index < -0.39 is 28.5 Å². The Morgan fingerprint density at radius 2 is 1.43 bits per heavy atom. The minimum atomic E-state index is -4.25. The van der Waals surface area contributed by atoms with Crippen LogP contribution in [0.2, 0.25) is 10.0 Å². The predicted octanol–water partition coefficient (Wildman–Crippen LogP) is 7.20. The Bertz CT molecular complexity index is 1760. The predicted molar refractivity (Wildman–Crippen MR) is 183 cm³/mol. The first-order valence-electron chi connectivity index (χ1n) is 15.3. The van der Waals surface area contributed by atoms with Gasteiger partial charge in [-0.15, -0.1) is 0 Å². The van der Waals surface area contributed by atoms with E-state index in [0.717, 1.165) is 41.1 Å². The summed E-state index contributed by atoms with van der Waals surface area (Å²) in [6.07, 6.45) is 4.03. The zero-order chi connectivity index (χ0) is 32.7. The molecule has 1 N–H and O–H groups in total. The third-order valence-corrected chi connectivity index (χ3v) is 10.7. The zero-order valence-electron chi connectivity index (χ0n) is 25.6. The number of hydrogen-bond donors (Lipinski definition) is 1. The van der Waals surface area contributed by atoms with Gasteiger partial charge in [0, 0.05) is 24.0 Å². The van der Waals surface area contributed by atoms with Gasteiger partial charge in [-0.1, -0.05) is 114 Å². The molecule has 0 aromatic heterocycles. The number of sulfonamides is 1. The topological polar surface area (TPSA) is 86.8 Å². The van der Waals surface area contributed by atoms with Crippen LogP contribution in [0.1, 0.15) is 42.4 Å². The van der Waals surface area contributed by atoms with Gasteiger partial charge in [-0.05, 0) is 61.2 Å². The maximum atomic E-state index is 14.6. The number of carbonyl (C=O) groups excluding carboxylic acids is 2. The maximum Gasteiger partial charge on any atom is 0.264 e. The molecule has 0 spiro atoms. The minimum absolute atomic E-state index is 0.00493. The van der Waals surface area contributed by atoms with Crippen LogP contribution in [0.25, 0.3) is 0 Å². The summed E-state index contributed by atoms with van der Waals surface area (Å²) in [6.45, 7) is 1.27.